The molecular formula is C21H20N4O. The molecule has 1 atom stereocenters. The van der Waals surface area contributed by atoms with Crippen molar-refractivity contribution in [1.82, 2.24) is 9.97 Å². The van der Waals surface area contributed by atoms with E-state index in [0.717, 1.165) is 39.5 Å². The van der Waals surface area contributed by atoms with Gasteiger partial charge in [0.1, 0.15) is 22.8 Å². The summed E-state index contributed by atoms with van der Waals surface area (Å²) in [5, 5.41) is 0. The first-order chi connectivity index (χ1) is 12.5. The maximum absolute atomic E-state index is 6.28. The highest BCUT2D eigenvalue weighted by Crippen LogP contribution is 2.46. The lowest BCUT2D eigenvalue weighted by Crippen LogP contribution is -2.26. The molecule has 4 rings (SSSR count). The minimum atomic E-state index is -0.763. The van der Waals surface area contributed by atoms with Crippen molar-refractivity contribution in [3.05, 3.63) is 88.5 Å². The number of hydrogen-bond acceptors (Lipinski definition) is 5. The number of methoxy groups -OCH3 is 1. The average molecular weight is 344 g/mol. The minimum Gasteiger partial charge on any atom is -0.497 e. The van der Waals surface area contributed by atoms with E-state index in [4.69, 9.17) is 15.5 Å². The van der Waals surface area contributed by atoms with Crippen LogP contribution in [0.15, 0.2) is 59.7 Å². The molecule has 130 valence electrons. The number of hydrogen-bond donors (Lipinski definition) is 1. The number of amidine groups is 1. The Morgan fingerprint density at radius 3 is 2.46 bits per heavy atom. The second-order valence-corrected chi connectivity index (χ2v) is 6.48. The van der Waals surface area contributed by atoms with Crippen molar-refractivity contribution in [2.24, 2.45) is 10.7 Å². The van der Waals surface area contributed by atoms with E-state index in [2.05, 4.69) is 22.1 Å². The van der Waals surface area contributed by atoms with E-state index in [9.17, 15) is 0 Å². The number of benzene rings is 1. The Balaban J connectivity index is 2.09. The molecule has 0 saturated heterocycles. The van der Waals surface area contributed by atoms with Crippen molar-refractivity contribution in [2.45, 2.75) is 19.4 Å². The van der Waals surface area contributed by atoms with Gasteiger partial charge in [0.2, 0.25) is 0 Å². The number of ether oxygens (including phenoxy) is 1. The first-order valence-corrected chi connectivity index (χ1v) is 8.46. The lowest BCUT2D eigenvalue weighted by atomic mass is 9.78. The number of aliphatic imine (C=N–C) groups is 1. The van der Waals surface area contributed by atoms with Crippen LogP contribution in [0.1, 0.15) is 33.8 Å². The van der Waals surface area contributed by atoms with E-state index in [-0.39, 0.29) is 0 Å². The molecule has 3 aromatic rings. The highest BCUT2D eigenvalue weighted by molar-refractivity contribution is 6.01. The van der Waals surface area contributed by atoms with Crippen LogP contribution in [-0.2, 0) is 5.54 Å². The van der Waals surface area contributed by atoms with Crippen molar-refractivity contribution in [3.8, 4) is 5.75 Å². The molecular weight excluding hydrogens is 324 g/mol. The van der Waals surface area contributed by atoms with Crippen LogP contribution < -0.4 is 10.5 Å². The Morgan fingerprint density at radius 1 is 0.962 bits per heavy atom. The quantitative estimate of drug-likeness (QED) is 0.792. The van der Waals surface area contributed by atoms with Gasteiger partial charge in [0, 0.05) is 23.1 Å². The molecule has 0 aliphatic carbocycles. The fraction of sp³-hybridized carbons (Fsp3) is 0.190. The lowest BCUT2D eigenvalue weighted by Gasteiger charge is -2.29. The average Bonchev–Trinajstić information content (AvgIpc) is 2.95. The molecule has 3 heterocycles. The van der Waals surface area contributed by atoms with Crippen molar-refractivity contribution in [2.75, 3.05) is 7.11 Å². The molecule has 1 aliphatic rings. The number of fused-ring (bicyclic) bond motifs is 1. The Bertz CT molecular complexity index is 1010. The Labute approximate surface area is 152 Å². The standard InChI is InChI=1S/C21H20N4O/c1-13-10-16(11-14(2)24-13)21(15-6-4-7-17(12-15)26-3)18-8-5-9-23-19(18)20(22)25-21/h4-12H,1-3H3,(H2,22,25). The molecule has 1 unspecified atom stereocenters. The van der Waals surface area contributed by atoms with Crippen molar-refractivity contribution in [1.29, 1.82) is 0 Å². The van der Waals surface area contributed by atoms with E-state index >= 15 is 0 Å². The first-order valence-electron chi connectivity index (χ1n) is 8.46. The zero-order valence-electron chi connectivity index (χ0n) is 15.0. The van der Waals surface area contributed by atoms with E-state index in [0.29, 0.717) is 5.84 Å². The van der Waals surface area contributed by atoms with Gasteiger partial charge >= 0.3 is 0 Å². The lowest BCUT2D eigenvalue weighted by molar-refractivity contribution is 0.413. The molecule has 0 fully saturated rings. The van der Waals surface area contributed by atoms with E-state index in [1.807, 2.05) is 50.2 Å². The van der Waals surface area contributed by atoms with Gasteiger partial charge in [-0.15, -0.1) is 0 Å². The summed E-state index contributed by atoms with van der Waals surface area (Å²) >= 11 is 0. The maximum Gasteiger partial charge on any atom is 0.146 e. The normalized spacial score (nSPS) is 18.3. The Hall–Kier alpha value is -3.21. The van der Waals surface area contributed by atoms with Gasteiger partial charge in [-0.25, -0.2) is 4.99 Å². The molecule has 0 radical (unpaired) electrons. The summed E-state index contributed by atoms with van der Waals surface area (Å²) in [7, 11) is 1.66. The molecule has 0 saturated carbocycles. The molecule has 0 spiro atoms. The van der Waals surface area contributed by atoms with Crippen LogP contribution in [0.3, 0.4) is 0 Å². The first kappa shape index (κ1) is 16.3. The molecule has 2 aromatic heterocycles. The highest BCUT2D eigenvalue weighted by atomic mass is 16.5. The van der Waals surface area contributed by atoms with E-state index in [1.54, 1.807) is 13.3 Å². The number of aryl methyl sites for hydroxylation is 2. The summed E-state index contributed by atoms with van der Waals surface area (Å²) < 4.78 is 5.45. The number of nitrogens with two attached hydrogens (primary N) is 1. The minimum absolute atomic E-state index is 0.440. The summed E-state index contributed by atoms with van der Waals surface area (Å²) in [6, 6.07) is 16.0. The van der Waals surface area contributed by atoms with Crippen LogP contribution in [0.5, 0.6) is 5.75 Å². The van der Waals surface area contributed by atoms with Gasteiger partial charge in [-0.1, -0.05) is 18.2 Å². The zero-order chi connectivity index (χ0) is 18.3. The molecule has 5 heteroatoms. The van der Waals surface area contributed by atoms with Crippen LogP contribution in [0.4, 0.5) is 0 Å². The molecule has 1 aliphatic heterocycles. The molecule has 0 bridgehead atoms. The van der Waals surface area contributed by atoms with Crippen LogP contribution in [0.25, 0.3) is 0 Å². The number of nitrogens with zero attached hydrogens (tertiary/aromatic N) is 3. The summed E-state index contributed by atoms with van der Waals surface area (Å²) in [6.45, 7) is 3.98. The Morgan fingerprint density at radius 2 is 1.73 bits per heavy atom. The van der Waals surface area contributed by atoms with Gasteiger partial charge in [0.05, 0.1) is 7.11 Å². The smallest absolute Gasteiger partial charge is 0.146 e. The van der Waals surface area contributed by atoms with Crippen molar-refractivity contribution in [3.63, 3.8) is 0 Å². The van der Waals surface area contributed by atoms with Crippen LogP contribution in [0.2, 0.25) is 0 Å². The van der Waals surface area contributed by atoms with Crippen LogP contribution in [-0.4, -0.2) is 22.9 Å². The zero-order valence-corrected chi connectivity index (χ0v) is 15.0. The summed E-state index contributed by atoms with van der Waals surface area (Å²) in [4.78, 5) is 13.9. The van der Waals surface area contributed by atoms with Gasteiger partial charge in [-0.3, -0.25) is 9.97 Å². The predicted octanol–water partition coefficient (Wildman–Crippen LogP) is 3.11. The largest absolute Gasteiger partial charge is 0.497 e. The van der Waals surface area contributed by atoms with Gasteiger partial charge in [0.25, 0.3) is 0 Å². The van der Waals surface area contributed by atoms with E-state index < -0.39 is 5.54 Å². The van der Waals surface area contributed by atoms with Crippen LogP contribution in [0, 0.1) is 13.8 Å². The van der Waals surface area contributed by atoms with Crippen molar-refractivity contribution < 1.29 is 4.74 Å². The third-order valence-electron chi connectivity index (χ3n) is 4.72. The molecule has 2 N–H and O–H groups in total. The topological polar surface area (TPSA) is 73.4 Å². The monoisotopic (exact) mass is 344 g/mol. The number of aromatic nitrogens is 2. The van der Waals surface area contributed by atoms with Crippen LogP contribution >= 0.6 is 0 Å². The van der Waals surface area contributed by atoms with Gasteiger partial charge in [0.15, 0.2) is 0 Å². The number of pyridine rings is 2. The fourth-order valence-electron chi connectivity index (χ4n) is 3.69. The summed E-state index contributed by atoms with van der Waals surface area (Å²) in [5.74, 6) is 1.21. The second kappa shape index (κ2) is 5.95. The highest BCUT2D eigenvalue weighted by Gasteiger charge is 2.44. The fourth-order valence-corrected chi connectivity index (χ4v) is 3.69. The van der Waals surface area contributed by atoms with Gasteiger partial charge in [-0.05, 0) is 55.3 Å². The molecule has 26 heavy (non-hydrogen) atoms. The molecule has 0 amide bonds. The van der Waals surface area contributed by atoms with Gasteiger partial charge < -0.3 is 10.5 Å². The summed E-state index contributed by atoms with van der Waals surface area (Å²) in [6.07, 6.45) is 1.74. The van der Waals surface area contributed by atoms with Crippen molar-refractivity contribution >= 4 is 5.84 Å². The summed E-state index contributed by atoms with van der Waals surface area (Å²) in [5.41, 5.74) is 11.1. The SMILES string of the molecule is COc1cccc(C2(c3cc(C)nc(C)c3)N=C(N)c3ncccc32)c1. The third-order valence-corrected chi connectivity index (χ3v) is 4.72. The Kier molecular flexibility index (Phi) is 3.72. The van der Waals surface area contributed by atoms with Gasteiger partial charge in [-0.2, -0.15) is 0 Å². The molecule has 1 aromatic carbocycles. The second-order valence-electron chi connectivity index (χ2n) is 6.48. The maximum atomic E-state index is 6.28. The van der Waals surface area contributed by atoms with E-state index in [1.165, 1.54) is 0 Å². The predicted molar refractivity (Wildman–Crippen MR) is 102 cm³/mol. The number of rotatable bonds is 3. The third kappa shape index (κ3) is 2.36. The molecule has 5 nitrogen and oxygen atoms in total.